The van der Waals surface area contributed by atoms with Gasteiger partial charge in [-0.2, -0.15) is 0 Å². The van der Waals surface area contributed by atoms with Gasteiger partial charge in [0.05, 0.1) is 35.8 Å². The molecule has 3 heterocycles. The molecule has 17 heteroatoms. The number of ketones is 1. The first-order valence-corrected chi connectivity index (χ1v) is 26.5. The van der Waals surface area contributed by atoms with Crippen LogP contribution in [0.4, 0.5) is 11.4 Å². The number of benzene rings is 3. The molecule has 6 rings (SSSR count). The minimum Gasteiger partial charge on any atom is -0.516 e. The summed E-state index contributed by atoms with van der Waals surface area (Å²) in [6, 6.07) is 7.60. The summed E-state index contributed by atoms with van der Waals surface area (Å²) in [6.07, 6.45) is 7.70. The predicted octanol–water partition coefficient (Wildman–Crippen LogP) is 7.36. The average Bonchev–Trinajstić information content (AvgIpc) is 3.74. The summed E-state index contributed by atoms with van der Waals surface area (Å²) in [5.74, 6) is -3.38. The highest BCUT2D eigenvalue weighted by Gasteiger charge is 2.39. The van der Waals surface area contributed by atoms with Gasteiger partial charge >= 0.3 is 5.97 Å². The van der Waals surface area contributed by atoms with Crippen LogP contribution in [0.1, 0.15) is 109 Å². The van der Waals surface area contributed by atoms with Crippen molar-refractivity contribution >= 4 is 45.7 Å². The normalized spacial score (nSPS) is 18.8. The lowest BCUT2D eigenvalue weighted by Crippen LogP contribution is -2.43. The molecule has 0 aliphatic carbocycles. The number of phenolic OH excluding ortho intramolecular Hbond substituents is 2. The summed E-state index contributed by atoms with van der Waals surface area (Å²) in [4.78, 5) is 71.0. The molecule has 3 aromatic carbocycles. The standard InChI is InChI=1S/C58H81N7O10/c1-34(2)32-64-23-21-58(22-24-64)61-49-47-46(41(9)67)56(74-11)40(8)53(71)48(47)54(72)51(50(49)62-58)60-57(73)37(5)15-12-14-35(3)30-38(6)52(70)39(7)55(36(4)16-13-29-66)75-45(69)31-44(68)59-43-19-17-42(18-20-43)33-65-27-25-63(10)26-28-65/h12-15,17-20,29,34-36,38-39,52,55,66,70-72H,16,21-28,30-33H2,1-11H3,(H,59,68)(H,60,73)/b14-12+,29-13+,37-15-/t35-,36+,38+,39+,52+,55+/m0/s1. The molecule has 0 saturated carbocycles. The molecular weight excluding hydrogens is 955 g/mol. The molecule has 0 aromatic heterocycles. The first-order valence-electron chi connectivity index (χ1n) is 26.5. The number of amides is 2. The zero-order valence-electron chi connectivity index (χ0n) is 45.9. The second-order valence-corrected chi connectivity index (χ2v) is 21.8. The van der Waals surface area contributed by atoms with Crippen molar-refractivity contribution in [3.8, 4) is 17.2 Å². The molecule has 1 spiro atoms. The zero-order chi connectivity index (χ0) is 54.9. The van der Waals surface area contributed by atoms with Gasteiger partial charge in [-0.25, -0.2) is 0 Å². The van der Waals surface area contributed by atoms with Crippen LogP contribution in [-0.4, -0.2) is 137 Å². The average molecular weight is 1040 g/mol. The minimum atomic E-state index is -0.906. The van der Waals surface area contributed by atoms with Crippen LogP contribution >= 0.6 is 0 Å². The Balaban J connectivity index is 1.11. The van der Waals surface area contributed by atoms with E-state index in [1.54, 1.807) is 32.1 Å². The third-order valence-electron chi connectivity index (χ3n) is 15.1. The van der Waals surface area contributed by atoms with Crippen LogP contribution in [0.15, 0.2) is 70.4 Å². The number of nitrogens with zero attached hydrogens (tertiary/aromatic N) is 5. The first kappa shape index (κ1) is 58.1. The molecule has 17 nitrogen and oxygen atoms in total. The van der Waals surface area contributed by atoms with Gasteiger partial charge in [-0.15, -0.1) is 0 Å². The summed E-state index contributed by atoms with van der Waals surface area (Å²) in [5.41, 5.74) is 1.51. The number of phenols is 2. The van der Waals surface area contributed by atoms with Crippen molar-refractivity contribution in [2.24, 2.45) is 39.6 Å². The summed E-state index contributed by atoms with van der Waals surface area (Å²) in [6.45, 7) is 23.8. The van der Waals surface area contributed by atoms with Gasteiger partial charge in [0.15, 0.2) is 17.2 Å². The zero-order valence-corrected chi connectivity index (χ0v) is 45.9. The lowest BCUT2D eigenvalue weighted by molar-refractivity contribution is -0.159. The number of esters is 1. The van der Waals surface area contributed by atoms with E-state index in [-0.39, 0.29) is 68.0 Å². The number of carbonyl (C=O) groups is 4. The number of aromatic hydroxyl groups is 2. The summed E-state index contributed by atoms with van der Waals surface area (Å²) in [7, 11) is 3.54. The maximum absolute atomic E-state index is 14.0. The number of hydrogen-bond donors (Lipinski definition) is 6. The van der Waals surface area contributed by atoms with E-state index in [1.165, 1.54) is 14.0 Å². The van der Waals surface area contributed by atoms with Crippen LogP contribution in [0, 0.1) is 36.5 Å². The third kappa shape index (κ3) is 14.2. The van der Waals surface area contributed by atoms with Gasteiger partial charge in [0.1, 0.15) is 35.1 Å². The predicted molar refractivity (Wildman–Crippen MR) is 292 cm³/mol. The van der Waals surface area contributed by atoms with E-state index in [0.29, 0.717) is 48.2 Å². The highest BCUT2D eigenvalue weighted by molar-refractivity contribution is 6.15. The molecule has 0 unspecified atom stereocenters. The third-order valence-corrected chi connectivity index (χ3v) is 15.1. The fourth-order valence-corrected chi connectivity index (χ4v) is 10.8. The molecule has 2 fully saturated rings. The number of nitrogens with one attached hydrogen (secondary N) is 2. The highest BCUT2D eigenvalue weighted by Crippen LogP contribution is 2.45. The van der Waals surface area contributed by atoms with E-state index < -0.39 is 53.7 Å². The van der Waals surface area contributed by atoms with E-state index in [4.69, 9.17) is 19.5 Å². The van der Waals surface area contributed by atoms with Crippen molar-refractivity contribution in [2.45, 2.75) is 119 Å². The van der Waals surface area contributed by atoms with E-state index in [0.717, 1.165) is 64.2 Å². The number of piperazine rings is 1. The Morgan fingerprint density at radius 3 is 2.12 bits per heavy atom. The second-order valence-electron chi connectivity index (χ2n) is 21.8. The van der Waals surface area contributed by atoms with Gasteiger partial charge in [-0.3, -0.25) is 34.1 Å². The summed E-state index contributed by atoms with van der Waals surface area (Å²) < 4.78 is 11.6. The summed E-state index contributed by atoms with van der Waals surface area (Å²) >= 11 is 0. The quantitative estimate of drug-likeness (QED) is 0.0110. The fourth-order valence-electron chi connectivity index (χ4n) is 10.8. The lowest BCUT2D eigenvalue weighted by atomic mass is 9.80. The molecule has 0 radical (unpaired) electrons. The number of rotatable bonds is 22. The van der Waals surface area contributed by atoms with Gasteiger partial charge in [-0.1, -0.05) is 71.9 Å². The number of aliphatic hydroxyl groups excluding tert-OH is 2. The Morgan fingerprint density at radius 1 is 0.853 bits per heavy atom. The number of aliphatic hydroxyl groups is 2. The number of allylic oxidation sites excluding steroid dienone is 4. The van der Waals surface area contributed by atoms with E-state index in [2.05, 4.69) is 46.2 Å². The molecule has 408 valence electrons. The molecule has 6 N–H and O–H groups in total. The molecule has 3 aromatic rings. The van der Waals surface area contributed by atoms with Gasteiger partial charge in [-0.05, 0) is 88.1 Å². The van der Waals surface area contributed by atoms with Crippen LogP contribution < -0.4 is 26.1 Å². The number of piperidine rings is 1. The Hall–Kier alpha value is -6.14. The molecule has 2 saturated heterocycles. The number of hydrogen-bond acceptors (Lipinski definition) is 15. The van der Waals surface area contributed by atoms with Crippen molar-refractivity contribution in [1.82, 2.24) is 14.7 Å². The molecule has 0 bridgehead atoms. The smallest absolute Gasteiger partial charge is 0.315 e. The largest absolute Gasteiger partial charge is 0.516 e. The number of likely N-dealkylation sites (N-methyl/N-ethyl adjacent to an activating group) is 1. The first-order chi connectivity index (χ1) is 35.6. The highest BCUT2D eigenvalue weighted by atomic mass is 16.5. The van der Waals surface area contributed by atoms with Crippen LogP contribution in [-0.2, 0) is 25.7 Å². The van der Waals surface area contributed by atoms with Crippen LogP contribution in [0.3, 0.4) is 0 Å². The van der Waals surface area contributed by atoms with Crippen molar-refractivity contribution in [1.29, 1.82) is 0 Å². The van der Waals surface area contributed by atoms with Crippen molar-refractivity contribution in [3.63, 3.8) is 0 Å². The molecule has 3 aliphatic rings. The Kier molecular flexibility index (Phi) is 19.8. The molecule has 2 amide bonds. The topological polar surface area (TPSA) is 226 Å². The molecule has 75 heavy (non-hydrogen) atoms. The maximum atomic E-state index is 14.0. The number of Topliss-reactive ketones (excluding diaryl/α,β-unsaturated/α-hetero) is 1. The number of fused-ring (bicyclic) bond motifs is 3. The Morgan fingerprint density at radius 2 is 1.51 bits per heavy atom. The number of methoxy groups -OCH3 is 1. The number of likely N-dealkylation sites (tertiary alicyclic amines) is 1. The number of carbonyl (C=O) groups excluding carboxylic acids is 4. The van der Waals surface area contributed by atoms with Crippen LogP contribution in [0.5, 0.6) is 17.2 Å². The number of ether oxygens (including phenoxy) is 2. The molecule has 3 aliphatic heterocycles. The maximum Gasteiger partial charge on any atom is 0.315 e. The van der Waals surface area contributed by atoms with Crippen molar-refractivity contribution < 1.29 is 49.1 Å². The molecule has 6 atom stereocenters. The Labute approximate surface area is 442 Å². The van der Waals surface area contributed by atoms with E-state index in [9.17, 15) is 39.6 Å². The van der Waals surface area contributed by atoms with Crippen molar-refractivity contribution in [2.75, 3.05) is 70.6 Å². The van der Waals surface area contributed by atoms with Gasteiger partial charge < -0.3 is 50.3 Å². The number of anilines is 2. The van der Waals surface area contributed by atoms with Crippen LogP contribution in [0.25, 0.3) is 10.8 Å². The fraction of sp³-hybridized carbons (Fsp3) is 0.552. The van der Waals surface area contributed by atoms with Crippen molar-refractivity contribution in [3.05, 3.63) is 87.8 Å². The van der Waals surface area contributed by atoms with Gasteiger partial charge in [0.25, 0.3) is 5.91 Å². The lowest BCUT2D eigenvalue weighted by Gasteiger charge is -2.36. The molecular formula is C58H81N7O10. The van der Waals surface area contributed by atoms with E-state index in [1.807, 2.05) is 58.0 Å². The SMILES string of the molecule is COc1c(C)c(O)c2c(O)c(NC(=O)/C(C)=C\C=C\[C@H](C)C[C@@H](C)[C@@H](O)[C@@H](C)[C@H](OC(=O)CC(=O)Nc3ccc(CN4CCN(C)CC4)cc3)[C@H](C)C/C=C/O)c3c(c2c1C(C)=O)=NC1(CCN(CC(C)C)CC1)N=3. The van der Waals surface area contributed by atoms with Gasteiger partial charge in [0.2, 0.25) is 5.91 Å². The summed E-state index contributed by atoms with van der Waals surface area (Å²) in [5, 5.41) is 51.1. The van der Waals surface area contributed by atoms with Crippen LogP contribution in [0.2, 0.25) is 0 Å². The van der Waals surface area contributed by atoms with E-state index >= 15 is 0 Å². The minimum absolute atomic E-state index is 0.0177. The Bertz CT molecular complexity index is 2770. The monoisotopic (exact) mass is 1040 g/mol. The second kappa shape index (κ2) is 25.6. The van der Waals surface area contributed by atoms with Gasteiger partial charge in [0, 0.05) is 93.3 Å².